The monoisotopic (exact) mass is 260 g/mol. The van der Waals surface area contributed by atoms with E-state index in [1.165, 1.54) is 5.56 Å². The topological polar surface area (TPSA) is 52.9 Å². The molecule has 0 spiro atoms. The van der Waals surface area contributed by atoms with Crippen molar-refractivity contribution in [2.24, 2.45) is 5.10 Å². The van der Waals surface area contributed by atoms with Crippen LogP contribution in [0.3, 0.4) is 0 Å². The predicted molar refractivity (Wildman–Crippen MR) is 75.3 cm³/mol. The van der Waals surface area contributed by atoms with Crippen LogP contribution >= 0.6 is 0 Å². The summed E-state index contributed by atoms with van der Waals surface area (Å²) >= 11 is 0. The molecule has 2 rings (SSSR count). The van der Waals surface area contributed by atoms with Crippen LogP contribution in [0.1, 0.15) is 44.4 Å². The zero-order valence-electron chi connectivity index (χ0n) is 11.8. The molecule has 1 aromatic carbocycles. The number of hydrazone groups is 1. The summed E-state index contributed by atoms with van der Waals surface area (Å²) in [6, 6.07) is 8.40. The summed E-state index contributed by atoms with van der Waals surface area (Å²) in [4.78, 5) is 11.0. The quantitative estimate of drug-likeness (QED) is 0.889. The van der Waals surface area contributed by atoms with Gasteiger partial charge in [-0.2, -0.15) is 5.10 Å². The van der Waals surface area contributed by atoms with Crippen LogP contribution in [0.15, 0.2) is 29.4 Å². The average molecular weight is 260 g/mol. The van der Waals surface area contributed by atoms with Gasteiger partial charge < -0.3 is 5.11 Å². The Kier molecular flexibility index (Phi) is 3.35. The summed E-state index contributed by atoms with van der Waals surface area (Å²) in [5.74, 6) is -0.930. The molecule has 102 valence electrons. The highest BCUT2D eigenvalue weighted by atomic mass is 16.4. The van der Waals surface area contributed by atoms with Crippen molar-refractivity contribution in [3.63, 3.8) is 0 Å². The van der Waals surface area contributed by atoms with Crippen molar-refractivity contribution in [2.75, 3.05) is 7.05 Å². The molecule has 0 radical (unpaired) electrons. The van der Waals surface area contributed by atoms with E-state index in [1.54, 1.807) is 5.01 Å². The Morgan fingerprint density at radius 2 is 1.89 bits per heavy atom. The Labute approximate surface area is 113 Å². The summed E-state index contributed by atoms with van der Waals surface area (Å²) < 4.78 is 0. The normalized spacial score (nSPS) is 19.5. The molecule has 1 heterocycles. The molecule has 0 saturated carbocycles. The van der Waals surface area contributed by atoms with E-state index < -0.39 is 5.97 Å². The third-order valence-corrected chi connectivity index (χ3v) is 3.52. The Morgan fingerprint density at radius 3 is 2.32 bits per heavy atom. The molecule has 0 bridgehead atoms. The van der Waals surface area contributed by atoms with Crippen LogP contribution in [-0.4, -0.2) is 28.8 Å². The number of benzene rings is 1. The number of hydrogen-bond donors (Lipinski definition) is 1. The van der Waals surface area contributed by atoms with E-state index in [1.807, 2.05) is 7.05 Å². The molecule has 0 aliphatic carbocycles. The van der Waals surface area contributed by atoms with Gasteiger partial charge in [-0.25, -0.2) is 4.79 Å². The van der Waals surface area contributed by atoms with Crippen LogP contribution in [0.5, 0.6) is 0 Å². The van der Waals surface area contributed by atoms with E-state index in [4.69, 9.17) is 5.11 Å². The SMILES string of the molecule is CN1N=C(C(=O)O)CC1c1ccc(C(C)(C)C)cc1. The Morgan fingerprint density at radius 1 is 1.32 bits per heavy atom. The Balaban J connectivity index is 2.19. The highest BCUT2D eigenvalue weighted by Crippen LogP contribution is 2.31. The van der Waals surface area contributed by atoms with Crippen molar-refractivity contribution in [2.45, 2.75) is 38.6 Å². The van der Waals surface area contributed by atoms with Gasteiger partial charge in [-0.05, 0) is 16.5 Å². The maximum Gasteiger partial charge on any atom is 0.352 e. The van der Waals surface area contributed by atoms with Gasteiger partial charge in [-0.15, -0.1) is 0 Å². The average Bonchev–Trinajstić information content (AvgIpc) is 2.70. The van der Waals surface area contributed by atoms with Crippen LogP contribution in [0.2, 0.25) is 0 Å². The molecule has 4 nitrogen and oxygen atoms in total. The molecule has 0 fully saturated rings. The van der Waals surface area contributed by atoms with Crippen molar-refractivity contribution >= 4 is 11.7 Å². The fraction of sp³-hybridized carbons (Fsp3) is 0.467. The second kappa shape index (κ2) is 4.68. The molecule has 1 aromatic rings. The van der Waals surface area contributed by atoms with Crippen molar-refractivity contribution in [1.82, 2.24) is 5.01 Å². The lowest BCUT2D eigenvalue weighted by Gasteiger charge is -2.22. The summed E-state index contributed by atoms with van der Waals surface area (Å²) in [5, 5.41) is 14.8. The molecule has 0 amide bonds. The zero-order valence-corrected chi connectivity index (χ0v) is 11.8. The fourth-order valence-corrected chi connectivity index (χ4v) is 2.29. The van der Waals surface area contributed by atoms with Gasteiger partial charge in [-0.3, -0.25) is 5.01 Å². The largest absolute Gasteiger partial charge is 0.477 e. The highest BCUT2D eigenvalue weighted by molar-refractivity contribution is 6.36. The lowest BCUT2D eigenvalue weighted by molar-refractivity contribution is -0.129. The third kappa shape index (κ3) is 2.78. The summed E-state index contributed by atoms with van der Waals surface area (Å²) in [6.45, 7) is 6.53. The molecule has 19 heavy (non-hydrogen) atoms. The molecule has 4 heteroatoms. The van der Waals surface area contributed by atoms with Crippen LogP contribution in [0.4, 0.5) is 0 Å². The number of carboxylic acid groups (broad SMARTS) is 1. The fourth-order valence-electron chi connectivity index (χ4n) is 2.29. The molecule has 0 aromatic heterocycles. The highest BCUT2D eigenvalue weighted by Gasteiger charge is 2.29. The number of aliphatic carboxylic acids is 1. The first-order valence-electron chi connectivity index (χ1n) is 6.43. The number of rotatable bonds is 2. The Hall–Kier alpha value is -1.84. The van der Waals surface area contributed by atoms with Gasteiger partial charge in [-0.1, -0.05) is 45.0 Å². The number of carbonyl (C=O) groups is 1. The van der Waals surface area contributed by atoms with Gasteiger partial charge >= 0.3 is 5.97 Å². The van der Waals surface area contributed by atoms with E-state index in [0.29, 0.717) is 6.42 Å². The Bertz CT molecular complexity index is 512. The van der Waals surface area contributed by atoms with Gasteiger partial charge in [0.2, 0.25) is 0 Å². The minimum atomic E-state index is -0.930. The molecule has 1 aliphatic rings. The van der Waals surface area contributed by atoms with Crippen molar-refractivity contribution in [3.8, 4) is 0 Å². The number of hydrogen-bond acceptors (Lipinski definition) is 3. The van der Waals surface area contributed by atoms with Gasteiger partial charge in [0, 0.05) is 13.5 Å². The molecule has 1 unspecified atom stereocenters. The van der Waals surface area contributed by atoms with Crippen LogP contribution in [0.25, 0.3) is 0 Å². The molecule has 1 N–H and O–H groups in total. The van der Waals surface area contributed by atoms with E-state index >= 15 is 0 Å². The second-order valence-electron chi connectivity index (χ2n) is 6.02. The van der Waals surface area contributed by atoms with Gasteiger partial charge in [0.05, 0.1) is 6.04 Å². The van der Waals surface area contributed by atoms with E-state index in [0.717, 1.165) is 5.56 Å². The minimum absolute atomic E-state index is 0.0279. The standard InChI is InChI=1S/C15H20N2O2/c1-15(2,3)11-7-5-10(6-8-11)13-9-12(14(18)19)16-17(13)4/h5-8,13H,9H2,1-4H3,(H,18,19). The van der Waals surface area contributed by atoms with Crippen LogP contribution in [0, 0.1) is 0 Å². The third-order valence-electron chi connectivity index (χ3n) is 3.52. The zero-order chi connectivity index (χ0) is 14.2. The molecular formula is C15H20N2O2. The molecule has 1 aliphatic heterocycles. The van der Waals surface area contributed by atoms with Crippen molar-refractivity contribution < 1.29 is 9.90 Å². The van der Waals surface area contributed by atoms with E-state index in [-0.39, 0.29) is 17.2 Å². The van der Waals surface area contributed by atoms with Gasteiger partial charge in [0.25, 0.3) is 0 Å². The first-order valence-corrected chi connectivity index (χ1v) is 6.43. The van der Waals surface area contributed by atoms with E-state index in [9.17, 15) is 4.79 Å². The van der Waals surface area contributed by atoms with Gasteiger partial charge in [0.1, 0.15) is 5.71 Å². The van der Waals surface area contributed by atoms with Gasteiger partial charge in [0.15, 0.2) is 0 Å². The van der Waals surface area contributed by atoms with Crippen molar-refractivity contribution in [3.05, 3.63) is 35.4 Å². The predicted octanol–water partition coefficient (Wildman–Crippen LogP) is 2.80. The first-order chi connectivity index (χ1) is 8.79. The lowest BCUT2D eigenvalue weighted by atomic mass is 9.86. The molecule has 0 saturated heterocycles. The van der Waals surface area contributed by atoms with E-state index in [2.05, 4.69) is 50.1 Å². The van der Waals surface area contributed by atoms with Crippen molar-refractivity contribution in [1.29, 1.82) is 0 Å². The summed E-state index contributed by atoms with van der Waals surface area (Å²) in [6.07, 6.45) is 0.459. The smallest absolute Gasteiger partial charge is 0.352 e. The lowest BCUT2D eigenvalue weighted by Crippen LogP contribution is -2.16. The summed E-state index contributed by atoms with van der Waals surface area (Å²) in [5.41, 5.74) is 2.74. The molecular weight excluding hydrogens is 240 g/mol. The van der Waals surface area contributed by atoms with Crippen LogP contribution < -0.4 is 0 Å². The maximum atomic E-state index is 11.0. The second-order valence-corrected chi connectivity index (χ2v) is 6.02. The van der Waals surface area contributed by atoms with Crippen LogP contribution in [-0.2, 0) is 10.2 Å². The minimum Gasteiger partial charge on any atom is -0.477 e. The number of nitrogens with zero attached hydrogens (tertiary/aromatic N) is 2. The first kappa shape index (κ1) is 13.6. The maximum absolute atomic E-state index is 11.0. The summed E-state index contributed by atoms with van der Waals surface area (Å²) in [7, 11) is 1.82. The molecule has 1 atom stereocenters. The number of carboxylic acids is 1.